The maximum Gasteiger partial charge on any atom is 0.223 e. The van der Waals surface area contributed by atoms with Crippen molar-refractivity contribution >= 4 is 17.2 Å². The van der Waals surface area contributed by atoms with E-state index in [4.69, 9.17) is 4.74 Å². The molecule has 6 heteroatoms. The summed E-state index contributed by atoms with van der Waals surface area (Å²) in [5, 5.41) is 2.04. The van der Waals surface area contributed by atoms with E-state index >= 15 is 0 Å². The average Bonchev–Trinajstić information content (AvgIpc) is 3.07. The first kappa shape index (κ1) is 14.2. The van der Waals surface area contributed by atoms with Gasteiger partial charge in [0.25, 0.3) is 0 Å². The lowest BCUT2D eigenvalue weighted by molar-refractivity contribution is -0.139. The lowest BCUT2D eigenvalue weighted by atomic mass is 10.2. The summed E-state index contributed by atoms with van der Waals surface area (Å²) in [6, 6.07) is 4.09. The van der Waals surface area contributed by atoms with Crippen molar-refractivity contribution in [3.63, 3.8) is 0 Å². The minimum Gasteiger partial charge on any atom is -0.368 e. The molecule has 3 heterocycles. The van der Waals surface area contributed by atoms with Gasteiger partial charge in [-0.1, -0.05) is 6.07 Å². The summed E-state index contributed by atoms with van der Waals surface area (Å²) < 4.78 is 5.70. The van der Waals surface area contributed by atoms with Crippen molar-refractivity contribution in [2.24, 2.45) is 0 Å². The molecule has 0 aromatic carbocycles. The molecule has 2 aromatic heterocycles. The summed E-state index contributed by atoms with van der Waals surface area (Å²) in [5.74, 6) is 0.181. The highest BCUT2D eigenvalue weighted by molar-refractivity contribution is 7.09. The van der Waals surface area contributed by atoms with Gasteiger partial charge >= 0.3 is 0 Å². The molecule has 1 amide bonds. The van der Waals surface area contributed by atoms with Crippen LogP contribution in [0.2, 0.25) is 0 Å². The van der Waals surface area contributed by atoms with Crippen LogP contribution in [-0.2, 0) is 16.0 Å². The number of aromatic nitrogens is 2. The third kappa shape index (κ3) is 3.65. The van der Waals surface area contributed by atoms with E-state index in [0.717, 1.165) is 12.1 Å². The Balaban J connectivity index is 1.56. The summed E-state index contributed by atoms with van der Waals surface area (Å²) in [7, 11) is 0. The predicted molar refractivity (Wildman–Crippen MR) is 79.9 cm³/mol. The number of hydrogen-bond donors (Lipinski definition) is 0. The second-order valence-corrected chi connectivity index (χ2v) is 5.94. The smallest absolute Gasteiger partial charge is 0.223 e. The van der Waals surface area contributed by atoms with Gasteiger partial charge in [-0.2, -0.15) is 0 Å². The van der Waals surface area contributed by atoms with Gasteiger partial charge in [-0.05, 0) is 17.9 Å². The minimum absolute atomic E-state index is 0.168. The predicted octanol–water partition coefficient (Wildman–Crippen LogP) is 2.07. The highest BCUT2D eigenvalue weighted by Crippen LogP contribution is 2.20. The summed E-state index contributed by atoms with van der Waals surface area (Å²) in [6.45, 7) is 1.76. The second-order valence-electron chi connectivity index (χ2n) is 4.91. The van der Waals surface area contributed by atoms with Crippen LogP contribution in [0.3, 0.4) is 0 Å². The molecule has 0 aliphatic carbocycles. The highest BCUT2D eigenvalue weighted by Gasteiger charge is 2.26. The molecule has 1 atom stereocenters. The molecule has 0 bridgehead atoms. The quantitative estimate of drug-likeness (QED) is 0.867. The molecular weight excluding hydrogens is 286 g/mol. The first-order chi connectivity index (χ1) is 10.3. The van der Waals surface area contributed by atoms with Crippen LogP contribution in [0, 0.1) is 0 Å². The lowest BCUT2D eigenvalue weighted by Gasteiger charge is -2.32. The molecule has 0 spiro atoms. The van der Waals surface area contributed by atoms with E-state index in [1.54, 1.807) is 29.9 Å². The van der Waals surface area contributed by atoms with Gasteiger partial charge in [0.05, 0.1) is 25.0 Å². The fourth-order valence-electron chi connectivity index (χ4n) is 2.37. The van der Waals surface area contributed by atoms with Gasteiger partial charge in [-0.3, -0.25) is 14.8 Å². The van der Waals surface area contributed by atoms with Crippen molar-refractivity contribution in [3.05, 3.63) is 46.7 Å². The van der Waals surface area contributed by atoms with Crippen LogP contribution in [0.4, 0.5) is 0 Å². The van der Waals surface area contributed by atoms with Crippen LogP contribution in [0.25, 0.3) is 0 Å². The number of morpholine rings is 1. The van der Waals surface area contributed by atoms with Crippen LogP contribution in [0.1, 0.15) is 23.1 Å². The fourth-order valence-corrected chi connectivity index (χ4v) is 3.08. The SMILES string of the molecule is O=C(CCc1cccs1)N1CCOC(c2cnccn2)C1. The molecule has 2 aromatic rings. The van der Waals surface area contributed by atoms with E-state index < -0.39 is 0 Å². The number of amides is 1. The normalized spacial score (nSPS) is 18.7. The Morgan fingerprint density at radius 3 is 3.19 bits per heavy atom. The summed E-state index contributed by atoms with van der Waals surface area (Å²) in [5.41, 5.74) is 0.785. The van der Waals surface area contributed by atoms with E-state index in [9.17, 15) is 4.79 Å². The lowest BCUT2D eigenvalue weighted by Crippen LogP contribution is -2.42. The average molecular weight is 303 g/mol. The minimum atomic E-state index is -0.168. The molecule has 110 valence electrons. The van der Waals surface area contributed by atoms with Gasteiger partial charge in [-0.15, -0.1) is 11.3 Å². The van der Waals surface area contributed by atoms with Crippen molar-refractivity contribution in [3.8, 4) is 0 Å². The molecule has 0 saturated carbocycles. The first-order valence-electron chi connectivity index (χ1n) is 7.00. The summed E-state index contributed by atoms with van der Waals surface area (Å²) in [4.78, 5) is 23.7. The highest BCUT2D eigenvalue weighted by atomic mass is 32.1. The number of rotatable bonds is 4. The molecule has 5 nitrogen and oxygen atoms in total. The molecule has 1 unspecified atom stereocenters. The number of thiophene rings is 1. The van der Waals surface area contributed by atoms with E-state index in [1.165, 1.54) is 4.88 Å². The number of ether oxygens (including phenoxy) is 1. The molecule has 1 aliphatic heterocycles. The first-order valence-corrected chi connectivity index (χ1v) is 7.88. The number of hydrogen-bond acceptors (Lipinski definition) is 5. The Hall–Kier alpha value is -1.79. The number of carbonyl (C=O) groups is 1. The summed E-state index contributed by atoms with van der Waals surface area (Å²) >= 11 is 1.70. The van der Waals surface area contributed by atoms with E-state index in [0.29, 0.717) is 26.1 Å². The topological polar surface area (TPSA) is 55.3 Å². The maximum atomic E-state index is 12.3. The van der Waals surface area contributed by atoms with Crippen molar-refractivity contribution in [2.45, 2.75) is 18.9 Å². The number of carbonyl (C=O) groups excluding carboxylic acids is 1. The number of nitrogens with zero attached hydrogens (tertiary/aromatic N) is 3. The molecule has 3 rings (SSSR count). The van der Waals surface area contributed by atoms with Crippen LogP contribution < -0.4 is 0 Å². The van der Waals surface area contributed by atoms with Crippen LogP contribution in [-0.4, -0.2) is 40.5 Å². The molecule has 0 N–H and O–H groups in total. The molecule has 1 aliphatic rings. The van der Waals surface area contributed by atoms with Crippen molar-refractivity contribution < 1.29 is 9.53 Å². The van der Waals surface area contributed by atoms with Gasteiger partial charge in [0.1, 0.15) is 6.10 Å². The van der Waals surface area contributed by atoms with Gasteiger partial charge in [0, 0.05) is 30.2 Å². The zero-order chi connectivity index (χ0) is 14.5. The van der Waals surface area contributed by atoms with E-state index in [1.807, 2.05) is 16.3 Å². The Bertz CT molecular complexity index is 574. The largest absolute Gasteiger partial charge is 0.368 e. The van der Waals surface area contributed by atoms with Crippen LogP contribution in [0.15, 0.2) is 36.1 Å². The van der Waals surface area contributed by atoms with Crippen molar-refractivity contribution in [1.29, 1.82) is 0 Å². The van der Waals surface area contributed by atoms with Gasteiger partial charge in [-0.25, -0.2) is 0 Å². The number of aryl methyl sites for hydroxylation is 1. The van der Waals surface area contributed by atoms with Crippen LogP contribution in [0.5, 0.6) is 0 Å². The third-order valence-corrected chi connectivity index (χ3v) is 4.43. The van der Waals surface area contributed by atoms with E-state index in [-0.39, 0.29) is 12.0 Å². The molecular formula is C15H17N3O2S. The van der Waals surface area contributed by atoms with Gasteiger partial charge < -0.3 is 9.64 Å². The van der Waals surface area contributed by atoms with Gasteiger partial charge in [0.15, 0.2) is 0 Å². The molecule has 1 saturated heterocycles. The van der Waals surface area contributed by atoms with Crippen molar-refractivity contribution in [2.75, 3.05) is 19.7 Å². The third-order valence-electron chi connectivity index (χ3n) is 3.50. The monoisotopic (exact) mass is 303 g/mol. The Morgan fingerprint density at radius 1 is 1.48 bits per heavy atom. The molecule has 1 fully saturated rings. The zero-order valence-electron chi connectivity index (χ0n) is 11.6. The molecule has 0 radical (unpaired) electrons. The Kier molecular flexibility index (Phi) is 4.57. The summed E-state index contributed by atoms with van der Waals surface area (Å²) in [6.07, 6.45) is 6.17. The van der Waals surface area contributed by atoms with E-state index in [2.05, 4.69) is 16.0 Å². The molecule has 21 heavy (non-hydrogen) atoms. The van der Waals surface area contributed by atoms with Gasteiger partial charge in [0.2, 0.25) is 5.91 Å². The standard InChI is InChI=1S/C15H17N3O2S/c19-15(4-3-12-2-1-9-21-12)18-7-8-20-14(11-18)13-10-16-5-6-17-13/h1-2,5-6,9-10,14H,3-4,7-8,11H2. The Morgan fingerprint density at radius 2 is 2.43 bits per heavy atom. The zero-order valence-corrected chi connectivity index (χ0v) is 12.5. The van der Waals surface area contributed by atoms with Crippen LogP contribution >= 0.6 is 11.3 Å². The fraction of sp³-hybridized carbons (Fsp3) is 0.400. The maximum absolute atomic E-state index is 12.3. The Labute approximate surface area is 127 Å². The second kappa shape index (κ2) is 6.78. The van der Waals surface area contributed by atoms with Crippen molar-refractivity contribution in [1.82, 2.24) is 14.9 Å².